The normalized spacial score (nSPS) is 16.9. The molecule has 0 bridgehead atoms. The highest BCUT2D eigenvalue weighted by atomic mass is 79.9. The minimum absolute atomic E-state index is 0.00975. The van der Waals surface area contributed by atoms with Crippen molar-refractivity contribution in [2.45, 2.75) is 38.6 Å². The Morgan fingerprint density at radius 1 is 1.39 bits per heavy atom. The van der Waals surface area contributed by atoms with Gasteiger partial charge in [-0.05, 0) is 41.2 Å². The first-order valence-electron chi connectivity index (χ1n) is 6.68. The largest absolute Gasteiger partial charge is 0.315 e. The Morgan fingerprint density at radius 3 is 2.94 bits per heavy atom. The molecule has 0 radical (unpaired) electrons. The molecular formula is C13H20BrN3O. The average molecular weight is 314 g/mol. The molecule has 0 amide bonds. The van der Waals surface area contributed by atoms with Crippen LogP contribution in [0.4, 0.5) is 0 Å². The number of aromatic nitrogens is 2. The Balaban J connectivity index is 1.71. The molecule has 0 aliphatic heterocycles. The zero-order chi connectivity index (χ0) is 12.8. The Morgan fingerprint density at radius 2 is 2.17 bits per heavy atom. The Bertz CT molecular complexity index is 426. The van der Waals surface area contributed by atoms with Crippen molar-refractivity contribution in [2.24, 2.45) is 5.92 Å². The third kappa shape index (κ3) is 3.92. The van der Waals surface area contributed by atoms with Crippen molar-refractivity contribution in [1.82, 2.24) is 14.9 Å². The predicted octanol–water partition coefficient (Wildman–Crippen LogP) is 2.18. The van der Waals surface area contributed by atoms with E-state index in [0.717, 1.165) is 19.0 Å². The van der Waals surface area contributed by atoms with E-state index in [1.807, 2.05) is 0 Å². The molecule has 0 saturated heterocycles. The second-order valence-corrected chi connectivity index (χ2v) is 5.80. The summed E-state index contributed by atoms with van der Waals surface area (Å²) in [6, 6.07) is 0. The first kappa shape index (κ1) is 13.7. The second-order valence-electron chi connectivity index (χ2n) is 4.95. The van der Waals surface area contributed by atoms with Gasteiger partial charge in [0.1, 0.15) is 4.47 Å². The summed E-state index contributed by atoms with van der Waals surface area (Å²) in [5, 5.41) is 3.45. The predicted molar refractivity (Wildman–Crippen MR) is 75.6 cm³/mol. The van der Waals surface area contributed by atoms with Crippen LogP contribution in [0.15, 0.2) is 21.8 Å². The first-order chi connectivity index (χ1) is 8.77. The molecule has 1 heterocycles. The van der Waals surface area contributed by atoms with Crippen molar-refractivity contribution in [3.8, 4) is 0 Å². The van der Waals surface area contributed by atoms with Crippen molar-refractivity contribution in [3.05, 3.63) is 27.4 Å². The van der Waals surface area contributed by atoms with Crippen LogP contribution in [0.2, 0.25) is 0 Å². The van der Waals surface area contributed by atoms with E-state index in [1.54, 1.807) is 10.9 Å². The monoisotopic (exact) mass is 313 g/mol. The highest BCUT2D eigenvalue weighted by Gasteiger charge is 2.12. The summed E-state index contributed by atoms with van der Waals surface area (Å²) in [6.45, 7) is 2.59. The van der Waals surface area contributed by atoms with Crippen LogP contribution in [0.5, 0.6) is 0 Å². The van der Waals surface area contributed by atoms with Gasteiger partial charge in [-0.3, -0.25) is 9.36 Å². The van der Waals surface area contributed by atoms with Crippen molar-refractivity contribution < 1.29 is 0 Å². The zero-order valence-corrected chi connectivity index (χ0v) is 12.2. The molecule has 0 aromatic carbocycles. The van der Waals surface area contributed by atoms with E-state index in [1.165, 1.54) is 38.3 Å². The maximum atomic E-state index is 11.7. The molecule has 1 N–H and O–H groups in total. The van der Waals surface area contributed by atoms with E-state index >= 15 is 0 Å². The summed E-state index contributed by atoms with van der Waals surface area (Å²) in [5.41, 5.74) is -0.00975. The lowest BCUT2D eigenvalue weighted by Crippen LogP contribution is -2.30. The van der Waals surface area contributed by atoms with Crippen LogP contribution in [0, 0.1) is 5.92 Å². The van der Waals surface area contributed by atoms with Gasteiger partial charge in [0, 0.05) is 19.3 Å². The molecule has 0 atom stereocenters. The quantitative estimate of drug-likeness (QED) is 0.848. The fourth-order valence-corrected chi connectivity index (χ4v) is 2.83. The third-order valence-electron chi connectivity index (χ3n) is 3.55. The fourth-order valence-electron chi connectivity index (χ4n) is 2.48. The Kier molecular flexibility index (Phi) is 5.38. The highest BCUT2D eigenvalue weighted by Crippen LogP contribution is 2.22. The lowest BCUT2D eigenvalue weighted by atomic mass is 9.89. The molecule has 1 saturated carbocycles. The van der Waals surface area contributed by atoms with E-state index in [9.17, 15) is 4.79 Å². The van der Waals surface area contributed by atoms with Crippen LogP contribution in [0.25, 0.3) is 0 Å². The van der Waals surface area contributed by atoms with Gasteiger partial charge in [0.2, 0.25) is 0 Å². The van der Waals surface area contributed by atoms with E-state index < -0.39 is 0 Å². The molecule has 1 aromatic rings. The van der Waals surface area contributed by atoms with Crippen LogP contribution < -0.4 is 10.9 Å². The van der Waals surface area contributed by atoms with E-state index in [-0.39, 0.29) is 5.56 Å². The van der Waals surface area contributed by atoms with Crippen molar-refractivity contribution in [3.63, 3.8) is 0 Å². The standard InChI is InChI=1S/C13H20BrN3O/c14-12-9-16-10-17(13(12)18)7-6-15-8-11-4-2-1-3-5-11/h9-11,15H,1-8H2. The molecular weight excluding hydrogens is 294 g/mol. The van der Waals surface area contributed by atoms with Gasteiger partial charge < -0.3 is 5.32 Å². The van der Waals surface area contributed by atoms with Gasteiger partial charge in [-0.25, -0.2) is 4.98 Å². The molecule has 18 heavy (non-hydrogen) atoms. The van der Waals surface area contributed by atoms with E-state index in [4.69, 9.17) is 0 Å². The number of halogens is 1. The van der Waals surface area contributed by atoms with Gasteiger partial charge in [-0.1, -0.05) is 19.3 Å². The van der Waals surface area contributed by atoms with Gasteiger partial charge in [-0.15, -0.1) is 0 Å². The molecule has 100 valence electrons. The molecule has 1 fully saturated rings. The zero-order valence-electron chi connectivity index (χ0n) is 10.6. The topological polar surface area (TPSA) is 46.9 Å². The van der Waals surface area contributed by atoms with Crippen molar-refractivity contribution in [1.29, 1.82) is 0 Å². The SMILES string of the molecule is O=c1c(Br)cncn1CCNCC1CCCCC1. The van der Waals surface area contributed by atoms with Crippen LogP contribution in [0.3, 0.4) is 0 Å². The summed E-state index contributed by atoms with van der Waals surface area (Å²) in [7, 11) is 0. The lowest BCUT2D eigenvalue weighted by molar-refractivity contribution is 0.340. The average Bonchev–Trinajstić information content (AvgIpc) is 2.40. The second kappa shape index (κ2) is 7.04. The Labute approximate surface area is 116 Å². The van der Waals surface area contributed by atoms with Gasteiger partial charge >= 0.3 is 0 Å². The molecule has 4 nitrogen and oxygen atoms in total. The summed E-state index contributed by atoms with van der Waals surface area (Å²) in [6.07, 6.45) is 9.98. The molecule has 1 aromatic heterocycles. The fraction of sp³-hybridized carbons (Fsp3) is 0.692. The van der Waals surface area contributed by atoms with Gasteiger partial charge in [-0.2, -0.15) is 0 Å². The summed E-state index contributed by atoms with van der Waals surface area (Å²) >= 11 is 3.20. The number of hydrogen-bond donors (Lipinski definition) is 1. The number of nitrogens with zero attached hydrogens (tertiary/aromatic N) is 2. The molecule has 2 rings (SSSR count). The number of nitrogens with one attached hydrogen (secondary N) is 1. The van der Waals surface area contributed by atoms with Crippen molar-refractivity contribution in [2.75, 3.05) is 13.1 Å². The lowest BCUT2D eigenvalue weighted by Gasteiger charge is -2.21. The Hall–Kier alpha value is -0.680. The molecule has 5 heteroatoms. The summed E-state index contributed by atoms with van der Waals surface area (Å²) in [5.74, 6) is 0.830. The number of rotatable bonds is 5. The van der Waals surface area contributed by atoms with Crippen LogP contribution in [-0.2, 0) is 6.54 Å². The maximum absolute atomic E-state index is 11.7. The molecule has 1 aliphatic carbocycles. The minimum atomic E-state index is -0.00975. The molecule has 1 aliphatic rings. The minimum Gasteiger partial charge on any atom is -0.315 e. The molecule has 0 spiro atoms. The van der Waals surface area contributed by atoms with Gasteiger partial charge in [0.05, 0.1) is 6.33 Å². The molecule has 0 unspecified atom stereocenters. The van der Waals surface area contributed by atoms with E-state index in [2.05, 4.69) is 26.2 Å². The van der Waals surface area contributed by atoms with Crippen LogP contribution in [0.1, 0.15) is 32.1 Å². The number of hydrogen-bond acceptors (Lipinski definition) is 3. The highest BCUT2D eigenvalue weighted by molar-refractivity contribution is 9.10. The smallest absolute Gasteiger partial charge is 0.267 e. The summed E-state index contributed by atoms with van der Waals surface area (Å²) < 4.78 is 2.16. The van der Waals surface area contributed by atoms with Crippen molar-refractivity contribution >= 4 is 15.9 Å². The summed E-state index contributed by atoms with van der Waals surface area (Å²) in [4.78, 5) is 15.7. The first-order valence-corrected chi connectivity index (χ1v) is 7.47. The van der Waals surface area contributed by atoms with Crippen LogP contribution >= 0.6 is 15.9 Å². The maximum Gasteiger partial charge on any atom is 0.267 e. The van der Waals surface area contributed by atoms with Gasteiger partial charge in [0.15, 0.2) is 0 Å². The van der Waals surface area contributed by atoms with Crippen LogP contribution in [-0.4, -0.2) is 22.6 Å². The van der Waals surface area contributed by atoms with E-state index in [0.29, 0.717) is 11.0 Å². The third-order valence-corrected chi connectivity index (χ3v) is 4.09. The van der Waals surface area contributed by atoms with Gasteiger partial charge in [0.25, 0.3) is 5.56 Å².